The summed E-state index contributed by atoms with van der Waals surface area (Å²) in [6.07, 6.45) is 1.50. The van der Waals surface area contributed by atoms with Gasteiger partial charge >= 0.3 is 17.9 Å². The Morgan fingerprint density at radius 2 is 1.74 bits per heavy atom. The molecule has 2 unspecified atom stereocenters. The molecule has 2 aromatic carbocycles. The van der Waals surface area contributed by atoms with Gasteiger partial charge in [0.25, 0.3) is 5.56 Å². The minimum Gasteiger partial charge on any atom is -0.493 e. The normalized spacial score (nSPS) is 17.3. The first-order chi connectivity index (χ1) is 22.0. The van der Waals surface area contributed by atoms with Gasteiger partial charge in [-0.15, -0.1) is 0 Å². The van der Waals surface area contributed by atoms with Gasteiger partial charge in [0.1, 0.15) is 16.9 Å². The molecule has 1 fully saturated rings. The number of likely N-dealkylation sites (tertiary alicyclic amines) is 1. The number of hydroxylamine groups is 1. The quantitative estimate of drug-likeness (QED) is 0.240. The molecule has 2 atom stereocenters. The average Bonchev–Trinajstić information content (AvgIpc) is 3.66. The second kappa shape index (κ2) is 14.0. The molecule has 5 rings (SSSR count). The molecule has 0 amide bonds. The fraction of sp³-hybridized carbons (Fsp3) is 0.355. The number of fused-ring (bicyclic) bond motifs is 1. The second-order valence-corrected chi connectivity index (χ2v) is 12.4. The van der Waals surface area contributed by atoms with Crippen molar-refractivity contribution < 1.29 is 44.0 Å². The molecule has 1 saturated heterocycles. The number of nitrogens with zero attached hydrogens (tertiary/aromatic N) is 3. The van der Waals surface area contributed by atoms with Gasteiger partial charge in [-0.1, -0.05) is 35.5 Å². The van der Waals surface area contributed by atoms with Crippen LogP contribution in [0.2, 0.25) is 5.02 Å². The van der Waals surface area contributed by atoms with Gasteiger partial charge in [-0.05, 0) is 61.8 Å². The molecule has 0 saturated carbocycles. The van der Waals surface area contributed by atoms with Crippen LogP contribution in [0.15, 0.2) is 64.4 Å². The Balaban J connectivity index is 1.43. The van der Waals surface area contributed by atoms with Gasteiger partial charge < -0.3 is 29.6 Å². The fourth-order valence-electron chi connectivity index (χ4n) is 5.27. The van der Waals surface area contributed by atoms with Crippen LogP contribution < -0.4 is 20.1 Å². The fourth-order valence-corrected chi connectivity index (χ4v) is 6.64. The lowest BCUT2D eigenvalue weighted by Crippen LogP contribution is -2.44. The number of benzene rings is 2. The van der Waals surface area contributed by atoms with Gasteiger partial charge in [0.2, 0.25) is 0 Å². The van der Waals surface area contributed by atoms with Crippen LogP contribution in [0.4, 0.5) is 5.69 Å². The Morgan fingerprint density at radius 3 is 2.39 bits per heavy atom. The van der Waals surface area contributed by atoms with E-state index < -0.39 is 47.3 Å². The molecule has 2 aliphatic rings. The van der Waals surface area contributed by atoms with E-state index in [4.69, 9.17) is 31.0 Å². The van der Waals surface area contributed by atoms with Crippen molar-refractivity contribution in [3.8, 4) is 17.2 Å². The highest BCUT2D eigenvalue weighted by Gasteiger charge is 2.44. The van der Waals surface area contributed by atoms with Crippen molar-refractivity contribution >= 4 is 47.0 Å². The number of aromatic nitrogens is 1. The maximum Gasteiger partial charge on any atom is 0.336 e. The van der Waals surface area contributed by atoms with Crippen molar-refractivity contribution in [2.75, 3.05) is 38.4 Å². The van der Waals surface area contributed by atoms with Gasteiger partial charge in [-0.3, -0.25) is 19.1 Å². The molecule has 3 aromatic rings. The molecule has 0 aliphatic carbocycles. The first-order valence-electron chi connectivity index (χ1n) is 14.4. The lowest BCUT2D eigenvalue weighted by Gasteiger charge is -2.27. The molecular weight excluding hydrogens is 642 g/mol. The minimum absolute atomic E-state index is 0.213. The number of halogens is 1. The SMILES string of the molecule is COc1cc(-n2ccc3c(c2=O)SC(c2ccc(Cl)cc2)N3OC(=O)CC(O)(CC(=O)O)C(=O)O)ccc1OCCN1CCCC1. The topological polar surface area (TPSA) is 168 Å². The Morgan fingerprint density at radius 1 is 1.02 bits per heavy atom. The Labute approximate surface area is 272 Å². The van der Waals surface area contributed by atoms with Crippen molar-refractivity contribution in [1.29, 1.82) is 0 Å². The summed E-state index contributed by atoms with van der Waals surface area (Å²) in [5.41, 5.74) is -2.03. The summed E-state index contributed by atoms with van der Waals surface area (Å²) >= 11 is 7.16. The summed E-state index contributed by atoms with van der Waals surface area (Å²) in [7, 11) is 1.51. The van der Waals surface area contributed by atoms with Crippen LogP contribution in [0.1, 0.15) is 36.6 Å². The van der Waals surface area contributed by atoms with Crippen LogP contribution in [0.3, 0.4) is 0 Å². The van der Waals surface area contributed by atoms with Crippen molar-refractivity contribution in [3.05, 3.63) is 75.7 Å². The van der Waals surface area contributed by atoms with E-state index in [2.05, 4.69) is 4.90 Å². The predicted octanol–water partition coefficient (Wildman–Crippen LogP) is 3.72. The lowest BCUT2D eigenvalue weighted by molar-refractivity contribution is -0.172. The minimum atomic E-state index is -2.90. The first kappa shape index (κ1) is 33.1. The van der Waals surface area contributed by atoms with Crippen molar-refractivity contribution in [2.24, 2.45) is 0 Å². The third-order valence-electron chi connectivity index (χ3n) is 7.63. The summed E-state index contributed by atoms with van der Waals surface area (Å²) in [4.78, 5) is 57.7. The molecule has 0 radical (unpaired) electrons. The van der Waals surface area contributed by atoms with Gasteiger partial charge in [-0.2, -0.15) is 5.06 Å². The number of rotatable bonds is 13. The van der Waals surface area contributed by atoms with Crippen LogP contribution >= 0.6 is 23.4 Å². The summed E-state index contributed by atoms with van der Waals surface area (Å²) < 4.78 is 12.9. The molecule has 2 aliphatic heterocycles. The third-order valence-corrected chi connectivity index (χ3v) is 9.19. The number of thioether (sulfide) groups is 1. The molecule has 3 heterocycles. The van der Waals surface area contributed by atoms with Crippen molar-refractivity contribution in [2.45, 2.75) is 41.6 Å². The highest BCUT2D eigenvalue weighted by atomic mass is 35.5. The van der Waals surface area contributed by atoms with E-state index in [1.165, 1.54) is 30.7 Å². The van der Waals surface area contributed by atoms with Crippen LogP contribution in [0.5, 0.6) is 11.5 Å². The molecule has 244 valence electrons. The van der Waals surface area contributed by atoms with Gasteiger partial charge in [0, 0.05) is 23.8 Å². The van der Waals surface area contributed by atoms with Crippen molar-refractivity contribution in [1.82, 2.24) is 9.47 Å². The number of anilines is 1. The number of methoxy groups -OCH3 is 1. The van der Waals surface area contributed by atoms with Gasteiger partial charge in [0.15, 0.2) is 17.1 Å². The second-order valence-electron chi connectivity index (χ2n) is 10.8. The summed E-state index contributed by atoms with van der Waals surface area (Å²) in [5, 5.41) is 29.6. The van der Waals surface area contributed by atoms with E-state index in [-0.39, 0.29) is 10.6 Å². The van der Waals surface area contributed by atoms with Crippen molar-refractivity contribution in [3.63, 3.8) is 0 Å². The van der Waals surface area contributed by atoms with E-state index in [1.54, 1.807) is 48.5 Å². The number of carbonyl (C=O) groups excluding carboxylic acids is 1. The maximum atomic E-state index is 13.9. The molecule has 3 N–H and O–H groups in total. The lowest BCUT2D eigenvalue weighted by atomic mass is 9.96. The number of carboxylic acids is 2. The summed E-state index contributed by atoms with van der Waals surface area (Å²) in [6.45, 7) is 3.41. The molecule has 15 heteroatoms. The number of carbonyl (C=O) groups is 3. The molecular formula is C31H32ClN3O10S. The van der Waals surface area contributed by atoms with Crippen LogP contribution in [-0.4, -0.2) is 81.6 Å². The number of carboxylic acid groups (broad SMARTS) is 2. The van der Waals surface area contributed by atoms with Gasteiger partial charge in [-0.25, -0.2) is 9.59 Å². The summed E-state index contributed by atoms with van der Waals surface area (Å²) in [5.74, 6) is -3.73. The zero-order valence-electron chi connectivity index (χ0n) is 24.8. The number of pyridine rings is 1. The molecule has 0 bridgehead atoms. The Hall–Kier alpha value is -4.24. The van der Waals surface area contributed by atoms with Gasteiger partial charge in [0.05, 0.1) is 31.3 Å². The van der Waals surface area contributed by atoms with E-state index in [0.717, 1.165) is 36.5 Å². The third kappa shape index (κ3) is 7.25. The number of aliphatic hydroxyl groups is 1. The number of hydrogen-bond acceptors (Lipinski definition) is 11. The Bertz CT molecular complexity index is 1680. The number of aliphatic carboxylic acids is 2. The monoisotopic (exact) mass is 673 g/mol. The zero-order valence-corrected chi connectivity index (χ0v) is 26.3. The van der Waals surface area contributed by atoms with Crippen LogP contribution in [0, 0.1) is 0 Å². The largest absolute Gasteiger partial charge is 0.493 e. The number of hydrogen-bond donors (Lipinski definition) is 3. The zero-order chi connectivity index (χ0) is 33.0. The first-order valence-corrected chi connectivity index (χ1v) is 15.6. The van der Waals surface area contributed by atoms with E-state index in [0.29, 0.717) is 34.4 Å². The highest BCUT2D eigenvalue weighted by Crippen LogP contribution is 2.50. The standard InChI is InChI=1S/C31H32ClN3O10S/c1-43-24-16-21(8-9-23(24)44-15-14-33-11-2-3-12-33)34-13-10-22-27(28(34)39)46-29(19-4-6-20(32)7-5-19)35(22)45-26(38)18-31(42,30(40)41)17-25(36)37/h4-10,13,16,29,42H,2-3,11-12,14-15,17-18H2,1H3,(H,36,37)(H,40,41). The average molecular weight is 674 g/mol. The number of ether oxygens (including phenoxy) is 2. The molecule has 0 spiro atoms. The molecule has 46 heavy (non-hydrogen) atoms. The van der Waals surface area contributed by atoms with E-state index in [9.17, 15) is 29.4 Å². The summed E-state index contributed by atoms with van der Waals surface area (Å²) in [6, 6.07) is 13.3. The van der Waals surface area contributed by atoms with Crippen LogP contribution in [0.25, 0.3) is 5.69 Å². The molecule has 13 nitrogen and oxygen atoms in total. The molecule has 1 aromatic heterocycles. The maximum absolute atomic E-state index is 13.9. The highest BCUT2D eigenvalue weighted by molar-refractivity contribution is 8.00. The Kier molecular flexibility index (Phi) is 10.1. The van der Waals surface area contributed by atoms with E-state index >= 15 is 0 Å². The predicted molar refractivity (Wildman–Crippen MR) is 168 cm³/mol. The smallest absolute Gasteiger partial charge is 0.336 e. The van der Waals surface area contributed by atoms with E-state index in [1.807, 2.05) is 0 Å². The van der Waals surface area contributed by atoms with Crippen LogP contribution in [-0.2, 0) is 19.2 Å².